The van der Waals surface area contributed by atoms with Crippen LogP contribution < -0.4 is 10.5 Å². The van der Waals surface area contributed by atoms with Gasteiger partial charge >= 0.3 is 5.97 Å². The van der Waals surface area contributed by atoms with E-state index in [2.05, 4.69) is 25.3 Å². The van der Waals surface area contributed by atoms with Crippen LogP contribution in [0.15, 0.2) is 29.1 Å². The van der Waals surface area contributed by atoms with Gasteiger partial charge in [0.1, 0.15) is 0 Å². The molecule has 2 unspecified atom stereocenters. The molecule has 212 valence electrons. The SMILES string of the molecule is CCOC(=O)CN1CCN(c2nc3ccccc3n(C3CC4CC[C@@H](C3)N4C3CCCCCCC3)c2=O)CC1. The fraction of sp³-hybridized carbons (Fsp3) is 0.710. The highest BCUT2D eigenvalue weighted by Gasteiger charge is 2.44. The summed E-state index contributed by atoms with van der Waals surface area (Å²) in [6.07, 6.45) is 14.3. The normalized spacial score (nSPS) is 27.4. The number of esters is 1. The van der Waals surface area contributed by atoms with Gasteiger partial charge in [0, 0.05) is 50.3 Å². The number of nitrogens with zero attached hydrogens (tertiary/aromatic N) is 5. The van der Waals surface area contributed by atoms with Gasteiger partial charge in [0.05, 0.1) is 24.2 Å². The number of hydrogen-bond donors (Lipinski definition) is 0. The number of ether oxygens (including phenoxy) is 1. The quantitative estimate of drug-likeness (QED) is 0.509. The van der Waals surface area contributed by atoms with E-state index in [0.29, 0.717) is 44.1 Å². The second kappa shape index (κ2) is 12.0. The van der Waals surface area contributed by atoms with Crippen LogP contribution in [0.1, 0.15) is 83.6 Å². The summed E-state index contributed by atoms with van der Waals surface area (Å²) in [6.45, 7) is 5.35. The molecule has 6 rings (SSSR count). The fourth-order valence-corrected chi connectivity index (χ4v) is 7.94. The van der Waals surface area contributed by atoms with Gasteiger partial charge in [0.2, 0.25) is 0 Å². The van der Waals surface area contributed by atoms with Gasteiger partial charge in [-0.05, 0) is 57.6 Å². The van der Waals surface area contributed by atoms with Crippen LogP contribution in [0.4, 0.5) is 5.82 Å². The van der Waals surface area contributed by atoms with Crippen molar-refractivity contribution in [3.05, 3.63) is 34.6 Å². The molecule has 1 aliphatic carbocycles. The van der Waals surface area contributed by atoms with Crippen molar-refractivity contribution in [3.63, 3.8) is 0 Å². The van der Waals surface area contributed by atoms with E-state index in [1.807, 2.05) is 25.1 Å². The van der Waals surface area contributed by atoms with Crippen molar-refractivity contribution >= 4 is 22.8 Å². The van der Waals surface area contributed by atoms with Crippen LogP contribution in [0.5, 0.6) is 0 Å². The number of anilines is 1. The number of rotatable bonds is 6. The summed E-state index contributed by atoms with van der Waals surface area (Å²) >= 11 is 0. The number of piperidine rings is 1. The van der Waals surface area contributed by atoms with Crippen molar-refractivity contribution in [2.24, 2.45) is 0 Å². The minimum absolute atomic E-state index is 0.0522. The third kappa shape index (κ3) is 5.60. The first-order chi connectivity index (χ1) is 19.1. The molecule has 0 radical (unpaired) electrons. The zero-order valence-corrected chi connectivity index (χ0v) is 23.6. The maximum Gasteiger partial charge on any atom is 0.320 e. The van der Waals surface area contributed by atoms with Gasteiger partial charge in [-0.15, -0.1) is 0 Å². The number of para-hydroxylation sites is 2. The topological polar surface area (TPSA) is 70.9 Å². The number of carbonyl (C=O) groups excluding carboxylic acids is 1. The van der Waals surface area contributed by atoms with Crippen molar-refractivity contribution in [2.75, 3.05) is 44.2 Å². The Hall–Kier alpha value is -2.45. The Bertz CT molecular complexity index is 1180. The van der Waals surface area contributed by atoms with Crippen LogP contribution in [0.2, 0.25) is 0 Å². The molecule has 0 N–H and O–H groups in total. The molecule has 3 saturated heterocycles. The second-order valence-electron chi connectivity index (χ2n) is 12.1. The predicted molar refractivity (Wildman–Crippen MR) is 154 cm³/mol. The summed E-state index contributed by atoms with van der Waals surface area (Å²) in [5, 5.41) is 0. The zero-order valence-electron chi connectivity index (χ0n) is 23.6. The van der Waals surface area contributed by atoms with Crippen LogP contribution in [0.25, 0.3) is 11.0 Å². The van der Waals surface area contributed by atoms with E-state index in [0.717, 1.165) is 43.0 Å². The average Bonchev–Trinajstić information content (AvgIpc) is 3.17. The molecule has 1 saturated carbocycles. The van der Waals surface area contributed by atoms with Gasteiger partial charge in [0.25, 0.3) is 5.56 Å². The highest BCUT2D eigenvalue weighted by Crippen LogP contribution is 2.44. The lowest BCUT2D eigenvalue weighted by atomic mass is 9.89. The first-order valence-corrected chi connectivity index (χ1v) is 15.5. The van der Waals surface area contributed by atoms with Crippen LogP contribution in [-0.4, -0.2) is 82.8 Å². The summed E-state index contributed by atoms with van der Waals surface area (Å²) in [5.41, 5.74) is 1.92. The third-order valence-electron chi connectivity index (χ3n) is 9.73. The van der Waals surface area contributed by atoms with Crippen molar-refractivity contribution in [1.82, 2.24) is 19.4 Å². The largest absolute Gasteiger partial charge is 0.465 e. The van der Waals surface area contributed by atoms with Gasteiger partial charge in [-0.1, -0.05) is 44.2 Å². The van der Waals surface area contributed by atoms with Crippen molar-refractivity contribution in [2.45, 2.75) is 102 Å². The van der Waals surface area contributed by atoms with Crippen LogP contribution >= 0.6 is 0 Å². The van der Waals surface area contributed by atoms with Crippen LogP contribution in [0, 0.1) is 0 Å². The Labute approximate surface area is 232 Å². The Morgan fingerprint density at radius 2 is 1.54 bits per heavy atom. The molecule has 3 atom stereocenters. The van der Waals surface area contributed by atoms with Gasteiger partial charge in [-0.25, -0.2) is 4.98 Å². The second-order valence-corrected chi connectivity index (χ2v) is 12.1. The molecule has 0 spiro atoms. The maximum atomic E-state index is 14.2. The number of hydrogen-bond acceptors (Lipinski definition) is 7. The molecule has 4 fully saturated rings. The van der Waals surface area contributed by atoms with Crippen molar-refractivity contribution < 1.29 is 9.53 Å². The lowest BCUT2D eigenvalue weighted by Crippen LogP contribution is -2.51. The Kier molecular flexibility index (Phi) is 8.21. The molecular weight excluding hydrogens is 490 g/mol. The van der Waals surface area contributed by atoms with E-state index < -0.39 is 0 Å². The lowest BCUT2D eigenvalue weighted by Gasteiger charge is -2.45. The smallest absolute Gasteiger partial charge is 0.320 e. The molecule has 39 heavy (non-hydrogen) atoms. The van der Waals surface area contributed by atoms with Crippen molar-refractivity contribution in [3.8, 4) is 0 Å². The third-order valence-corrected chi connectivity index (χ3v) is 9.73. The summed E-state index contributed by atoms with van der Waals surface area (Å²) in [4.78, 5) is 38.2. The van der Waals surface area contributed by atoms with Gasteiger partial charge in [0.15, 0.2) is 5.82 Å². The summed E-state index contributed by atoms with van der Waals surface area (Å²) in [6, 6.07) is 10.3. The maximum absolute atomic E-state index is 14.2. The van der Waals surface area contributed by atoms with E-state index in [1.54, 1.807) is 0 Å². The van der Waals surface area contributed by atoms with Crippen LogP contribution in [0.3, 0.4) is 0 Å². The van der Waals surface area contributed by atoms with Gasteiger partial charge in [-0.3, -0.25) is 19.4 Å². The number of fused-ring (bicyclic) bond motifs is 3. The predicted octanol–water partition coefficient (Wildman–Crippen LogP) is 4.36. The number of piperazine rings is 1. The molecule has 0 amide bonds. The monoisotopic (exact) mass is 535 g/mol. The zero-order chi connectivity index (χ0) is 26.8. The Morgan fingerprint density at radius 1 is 0.872 bits per heavy atom. The van der Waals surface area contributed by atoms with E-state index in [1.165, 1.54) is 57.8 Å². The molecule has 1 aromatic heterocycles. The highest BCUT2D eigenvalue weighted by atomic mass is 16.5. The van der Waals surface area contributed by atoms with E-state index >= 15 is 0 Å². The van der Waals surface area contributed by atoms with Gasteiger partial charge < -0.3 is 14.2 Å². The Balaban J connectivity index is 1.23. The molecule has 1 aromatic carbocycles. The molecule has 4 aliphatic rings. The molecule has 8 heteroatoms. The molecular formula is C31H45N5O3. The minimum Gasteiger partial charge on any atom is -0.465 e. The van der Waals surface area contributed by atoms with Gasteiger partial charge in [-0.2, -0.15) is 0 Å². The highest BCUT2D eigenvalue weighted by molar-refractivity contribution is 5.76. The molecule has 2 aromatic rings. The Morgan fingerprint density at radius 3 is 2.23 bits per heavy atom. The summed E-state index contributed by atoms with van der Waals surface area (Å²) < 4.78 is 7.24. The van der Waals surface area contributed by atoms with Crippen molar-refractivity contribution in [1.29, 1.82) is 0 Å². The van der Waals surface area contributed by atoms with E-state index in [-0.39, 0.29) is 17.6 Å². The fourth-order valence-electron chi connectivity index (χ4n) is 7.94. The molecule has 8 nitrogen and oxygen atoms in total. The average molecular weight is 536 g/mol. The number of aromatic nitrogens is 2. The minimum atomic E-state index is -0.183. The standard InChI is InChI=1S/C31H45N5O3/c1-2-39-29(37)22-33-16-18-34(19-17-33)30-31(38)36(28-13-9-8-12-27(28)32-30)26-20-24-14-15-25(21-26)35(24)23-10-6-4-3-5-7-11-23/h8-9,12-13,23-26H,2-7,10-11,14-22H2,1H3/t24-,25?,26?/m0/s1. The molecule has 4 heterocycles. The number of carbonyl (C=O) groups is 1. The first kappa shape index (κ1) is 26.8. The summed E-state index contributed by atoms with van der Waals surface area (Å²) in [5.74, 6) is 0.386. The van der Waals surface area contributed by atoms with E-state index in [9.17, 15) is 9.59 Å². The first-order valence-electron chi connectivity index (χ1n) is 15.5. The number of benzene rings is 1. The molecule has 3 aliphatic heterocycles. The lowest BCUT2D eigenvalue weighted by molar-refractivity contribution is -0.144. The van der Waals surface area contributed by atoms with E-state index in [4.69, 9.17) is 9.72 Å². The molecule has 2 bridgehead atoms. The van der Waals surface area contributed by atoms with Crippen LogP contribution in [-0.2, 0) is 9.53 Å². The summed E-state index contributed by atoms with van der Waals surface area (Å²) in [7, 11) is 0.